The van der Waals surface area contributed by atoms with Crippen molar-refractivity contribution in [2.45, 2.75) is 13.1 Å². The highest BCUT2D eigenvalue weighted by Crippen LogP contribution is 2.41. The smallest absolute Gasteiger partial charge is 0.261 e. The third kappa shape index (κ3) is 5.60. The van der Waals surface area contributed by atoms with Gasteiger partial charge in [0.25, 0.3) is 11.5 Å². The Labute approximate surface area is 283 Å². The molecule has 3 heterocycles. The van der Waals surface area contributed by atoms with E-state index in [2.05, 4.69) is 26.2 Å². The highest BCUT2D eigenvalue weighted by Gasteiger charge is 2.34. The average Bonchev–Trinajstić information content (AvgIpc) is 3.68. The number of benzene rings is 4. The Morgan fingerprint density at radius 1 is 0.833 bits per heavy atom. The number of hydrogen-bond donors (Lipinski definition) is 0. The SMILES string of the molecule is COc1cc(-n2cc(CN3C(=O)/C(=C/c4nc5ccccc5c(=O)n4Cc4ccccc4)c4cc(Br)ccc43)nn2)cc(OC)c1OC. The number of ether oxygens (including phenoxy) is 3. The Morgan fingerprint density at radius 3 is 2.29 bits per heavy atom. The fourth-order valence-electron chi connectivity index (χ4n) is 5.83. The molecule has 0 fully saturated rings. The number of carbonyl (C=O) groups excluding carboxylic acids is 1. The number of methoxy groups -OCH3 is 3. The van der Waals surface area contributed by atoms with Crippen molar-refractivity contribution in [2.24, 2.45) is 0 Å². The second kappa shape index (κ2) is 12.8. The van der Waals surface area contributed by atoms with Gasteiger partial charge >= 0.3 is 0 Å². The van der Waals surface area contributed by atoms with Gasteiger partial charge in [-0.2, -0.15) is 0 Å². The summed E-state index contributed by atoms with van der Waals surface area (Å²) in [4.78, 5) is 34.6. The number of rotatable bonds is 9. The van der Waals surface area contributed by atoms with Crippen molar-refractivity contribution in [3.63, 3.8) is 0 Å². The van der Waals surface area contributed by atoms with E-state index in [1.165, 1.54) is 7.11 Å². The van der Waals surface area contributed by atoms with Crippen LogP contribution in [-0.4, -0.2) is 51.8 Å². The molecule has 0 spiro atoms. The minimum absolute atomic E-state index is 0.150. The maximum absolute atomic E-state index is 14.2. The van der Waals surface area contributed by atoms with Gasteiger partial charge in [0.15, 0.2) is 11.5 Å². The topological polar surface area (TPSA) is 114 Å². The predicted molar refractivity (Wildman–Crippen MR) is 186 cm³/mol. The van der Waals surface area contributed by atoms with Crippen LogP contribution in [0, 0.1) is 0 Å². The molecule has 4 aromatic carbocycles. The molecule has 6 aromatic rings. The van der Waals surface area contributed by atoms with Crippen molar-refractivity contribution in [3.05, 3.63) is 129 Å². The largest absolute Gasteiger partial charge is 0.493 e. The van der Waals surface area contributed by atoms with E-state index in [9.17, 15) is 9.59 Å². The third-order valence-electron chi connectivity index (χ3n) is 8.14. The molecule has 1 aliphatic rings. The fourth-order valence-corrected chi connectivity index (χ4v) is 6.19. The maximum Gasteiger partial charge on any atom is 0.261 e. The van der Waals surface area contributed by atoms with Gasteiger partial charge in [-0.1, -0.05) is 63.6 Å². The van der Waals surface area contributed by atoms with Gasteiger partial charge < -0.3 is 19.1 Å². The summed E-state index contributed by atoms with van der Waals surface area (Å²) < 4.78 is 20.4. The zero-order valence-electron chi connectivity index (χ0n) is 26.3. The molecule has 12 heteroatoms. The van der Waals surface area contributed by atoms with Crippen LogP contribution in [0.15, 0.2) is 100 Å². The second-order valence-corrected chi connectivity index (χ2v) is 11.9. The maximum atomic E-state index is 14.2. The number of hydrogen-bond acceptors (Lipinski definition) is 8. The third-order valence-corrected chi connectivity index (χ3v) is 8.63. The van der Waals surface area contributed by atoms with Crippen molar-refractivity contribution in [1.29, 1.82) is 0 Å². The molecule has 11 nitrogen and oxygen atoms in total. The molecule has 2 aromatic heterocycles. The van der Waals surface area contributed by atoms with Gasteiger partial charge in [-0.25, -0.2) is 9.67 Å². The number of carbonyl (C=O) groups is 1. The molecular formula is C36H29BrN6O5. The van der Waals surface area contributed by atoms with E-state index in [0.717, 1.165) is 10.0 Å². The molecule has 0 atom stereocenters. The molecule has 1 aliphatic heterocycles. The zero-order valence-corrected chi connectivity index (χ0v) is 27.8. The minimum atomic E-state index is -0.251. The van der Waals surface area contributed by atoms with Crippen LogP contribution in [0.5, 0.6) is 17.2 Å². The number of para-hydroxylation sites is 1. The van der Waals surface area contributed by atoms with Crippen molar-refractivity contribution in [2.75, 3.05) is 26.2 Å². The molecule has 48 heavy (non-hydrogen) atoms. The molecule has 1 amide bonds. The number of halogens is 1. The lowest BCUT2D eigenvalue weighted by Crippen LogP contribution is -2.27. The van der Waals surface area contributed by atoms with Gasteiger partial charge in [-0.3, -0.25) is 14.2 Å². The standard InChI is InChI=1S/C36H29BrN6O5/c1-46-31-16-25(17-32(47-2)34(31)48-3)43-21-24(39-40-43)20-41-30-14-13-23(37)15-27(30)28(36(41)45)18-33-38-29-12-8-7-11-26(29)35(44)42(33)19-22-9-5-4-6-10-22/h4-18,21H,19-20H2,1-3H3/b28-18+. The van der Waals surface area contributed by atoms with Crippen molar-refractivity contribution in [1.82, 2.24) is 24.5 Å². The van der Waals surface area contributed by atoms with Crippen molar-refractivity contribution < 1.29 is 19.0 Å². The molecule has 0 N–H and O–H groups in total. The summed E-state index contributed by atoms with van der Waals surface area (Å²) in [7, 11) is 4.63. The van der Waals surface area contributed by atoms with E-state index in [-0.39, 0.29) is 18.0 Å². The van der Waals surface area contributed by atoms with E-state index in [1.807, 2.05) is 60.7 Å². The van der Waals surface area contributed by atoms with Crippen LogP contribution in [0.3, 0.4) is 0 Å². The Hall–Kier alpha value is -5.75. The lowest BCUT2D eigenvalue weighted by molar-refractivity contribution is -0.113. The van der Waals surface area contributed by atoms with Gasteiger partial charge in [-0.15, -0.1) is 5.10 Å². The van der Waals surface area contributed by atoms with Gasteiger partial charge in [0.05, 0.1) is 68.5 Å². The molecule has 7 rings (SSSR count). The summed E-state index contributed by atoms with van der Waals surface area (Å²) in [6, 6.07) is 26.1. The first kappa shape index (κ1) is 30.9. The lowest BCUT2D eigenvalue weighted by Gasteiger charge is -2.15. The van der Waals surface area contributed by atoms with Gasteiger partial charge in [-0.05, 0) is 42.0 Å². The molecule has 0 unspecified atom stereocenters. The van der Waals surface area contributed by atoms with Crippen molar-refractivity contribution >= 4 is 50.1 Å². The van der Waals surface area contributed by atoms with E-state index in [4.69, 9.17) is 19.2 Å². The van der Waals surface area contributed by atoms with Crippen LogP contribution in [0.2, 0.25) is 0 Å². The van der Waals surface area contributed by atoms with Gasteiger partial charge in [0.2, 0.25) is 5.75 Å². The highest BCUT2D eigenvalue weighted by atomic mass is 79.9. The summed E-state index contributed by atoms with van der Waals surface area (Å²) in [6.45, 7) is 0.446. The number of aromatic nitrogens is 5. The predicted octanol–water partition coefficient (Wildman–Crippen LogP) is 5.90. The van der Waals surface area contributed by atoms with Crippen LogP contribution in [0.1, 0.15) is 22.6 Å². The lowest BCUT2D eigenvalue weighted by atomic mass is 10.1. The number of anilines is 1. The number of fused-ring (bicyclic) bond motifs is 2. The van der Waals surface area contributed by atoms with Crippen LogP contribution < -0.4 is 24.7 Å². The zero-order chi connectivity index (χ0) is 33.4. The number of nitrogens with zero attached hydrogens (tertiary/aromatic N) is 6. The molecule has 240 valence electrons. The van der Waals surface area contributed by atoms with E-state index < -0.39 is 0 Å². The van der Waals surface area contributed by atoms with E-state index in [1.54, 1.807) is 64.9 Å². The van der Waals surface area contributed by atoms with Gasteiger partial charge in [0.1, 0.15) is 11.5 Å². The first-order valence-electron chi connectivity index (χ1n) is 15.0. The van der Waals surface area contributed by atoms with Crippen LogP contribution in [0.4, 0.5) is 5.69 Å². The Balaban J connectivity index is 1.28. The molecular weight excluding hydrogens is 676 g/mol. The fraction of sp³-hybridized carbons (Fsp3) is 0.139. The molecule has 0 bridgehead atoms. The van der Waals surface area contributed by atoms with Crippen LogP contribution in [0.25, 0.3) is 28.2 Å². The van der Waals surface area contributed by atoms with Crippen molar-refractivity contribution in [3.8, 4) is 22.9 Å². The Morgan fingerprint density at radius 2 is 1.56 bits per heavy atom. The summed E-state index contributed by atoms with van der Waals surface area (Å²) in [5, 5.41) is 9.19. The summed E-state index contributed by atoms with van der Waals surface area (Å²) >= 11 is 3.57. The van der Waals surface area contributed by atoms with Crippen LogP contribution >= 0.6 is 15.9 Å². The average molecular weight is 706 g/mol. The van der Waals surface area contributed by atoms with Gasteiger partial charge in [0, 0.05) is 22.2 Å². The van der Waals surface area contributed by atoms with E-state index >= 15 is 0 Å². The first-order chi connectivity index (χ1) is 23.4. The first-order valence-corrected chi connectivity index (χ1v) is 15.8. The summed E-state index contributed by atoms with van der Waals surface area (Å²) in [6.07, 6.45) is 3.45. The highest BCUT2D eigenvalue weighted by molar-refractivity contribution is 9.10. The molecule has 0 aliphatic carbocycles. The minimum Gasteiger partial charge on any atom is -0.493 e. The van der Waals surface area contributed by atoms with Crippen LogP contribution in [-0.2, 0) is 17.9 Å². The Bertz CT molecular complexity index is 2260. The number of amides is 1. The molecule has 0 saturated carbocycles. The summed E-state index contributed by atoms with van der Waals surface area (Å²) in [5.74, 6) is 1.54. The Kier molecular flexibility index (Phi) is 8.24. The second-order valence-electron chi connectivity index (χ2n) is 11.0. The molecule has 0 radical (unpaired) electrons. The molecule has 0 saturated heterocycles. The quantitative estimate of drug-likeness (QED) is 0.171. The monoisotopic (exact) mass is 704 g/mol. The summed E-state index contributed by atoms with van der Waals surface area (Å²) in [5.41, 5.74) is 4.32. The van der Waals surface area contributed by atoms with E-state index in [0.29, 0.717) is 68.7 Å². The normalized spacial score (nSPS) is 13.3.